The van der Waals surface area contributed by atoms with Crippen molar-refractivity contribution < 1.29 is 9.26 Å². The van der Waals surface area contributed by atoms with Gasteiger partial charge in [0.2, 0.25) is 0 Å². The number of rotatable bonds is 3. The Balaban J connectivity index is 1.49. The van der Waals surface area contributed by atoms with E-state index in [2.05, 4.69) is 15.0 Å². The standard InChI is InChI=1S/C15H17N3O2/c1-2-12(9-16-5-1)13-8-15(17-20-13)19-14-10-18-6-3-11(14)4-7-18/h1-2,5,8-9,11,14H,3-4,6-7,10H2. The fourth-order valence-electron chi connectivity index (χ4n) is 3.16. The summed E-state index contributed by atoms with van der Waals surface area (Å²) in [5.74, 6) is 1.95. The Hall–Kier alpha value is -1.88. The number of hydrogen-bond acceptors (Lipinski definition) is 5. The first-order valence-electron chi connectivity index (χ1n) is 7.14. The molecule has 3 saturated heterocycles. The van der Waals surface area contributed by atoms with Crippen molar-refractivity contribution in [2.45, 2.75) is 18.9 Å². The molecule has 0 aromatic carbocycles. The first-order chi connectivity index (χ1) is 9.88. The van der Waals surface area contributed by atoms with E-state index in [4.69, 9.17) is 9.26 Å². The first kappa shape index (κ1) is 11.9. The van der Waals surface area contributed by atoms with Crippen molar-refractivity contribution in [3.05, 3.63) is 30.6 Å². The van der Waals surface area contributed by atoms with E-state index >= 15 is 0 Å². The summed E-state index contributed by atoms with van der Waals surface area (Å²) in [6.45, 7) is 3.44. The maximum atomic E-state index is 6.02. The van der Waals surface area contributed by atoms with Gasteiger partial charge in [-0.2, -0.15) is 0 Å². The summed E-state index contributed by atoms with van der Waals surface area (Å²) >= 11 is 0. The van der Waals surface area contributed by atoms with Crippen molar-refractivity contribution in [2.24, 2.45) is 5.92 Å². The molecule has 5 rings (SSSR count). The molecule has 1 unspecified atom stereocenters. The molecule has 1 atom stereocenters. The van der Waals surface area contributed by atoms with E-state index in [-0.39, 0.29) is 6.10 Å². The Bertz CT molecular complexity index is 576. The molecular formula is C15H17N3O2. The zero-order valence-electron chi connectivity index (χ0n) is 11.2. The fraction of sp³-hybridized carbons (Fsp3) is 0.467. The van der Waals surface area contributed by atoms with E-state index in [1.165, 1.54) is 25.9 Å². The van der Waals surface area contributed by atoms with Crippen LogP contribution in [0.5, 0.6) is 5.88 Å². The summed E-state index contributed by atoms with van der Waals surface area (Å²) in [5.41, 5.74) is 0.920. The van der Waals surface area contributed by atoms with Crippen LogP contribution >= 0.6 is 0 Å². The topological polar surface area (TPSA) is 51.4 Å². The van der Waals surface area contributed by atoms with E-state index in [1.54, 1.807) is 12.4 Å². The molecule has 5 heteroatoms. The van der Waals surface area contributed by atoms with Gasteiger partial charge in [0, 0.05) is 30.6 Å². The van der Waals surface area contributed by atoms with Crippen LogP contribution in [0.1, 0.15) is 12.8 Å². The molecule has 3 aliphatic heterocycles. The maximum absolute atomic E-state index is 6.02. The number of ether oxygens (including phenoxy) is 1. The number of aromatic nitrogens is 2. The Morgan fingerprint density at radius 3 is 2.90 bits per heavy atom. The van der Waals surface area contributed by atoms with Gasteiger partial charge in [-0.1, -0.05) is 0 Å². The Morgan fingerprint density at radius 1 is 1.30 bits per heavy atom. The van der Waals surface area contributed by atoms with Gasteiger partial charge >= 0.3 is 0 Å². The molecule has 0 radical (unpaired) electrons. The van der Waals surface area contributed by atoms with Crippen molar-refractivity contribution >= 4 is 0 Å². The minimum Gasteiger partial charge on any atom is -0.471 e. The van der Waals surface area contributed by atoms with Gasteiger partial charge in [0.1, 0.15) is 6.10 Å². The zero-order valence-corrected chi connectivity index (χ0v) is 11.2. The lowest BCUT2D eigenvalue weighted by atomic mass is 9.86. The van der Waals surface area contributed by atoms with Gasteiger partial charge in [0.15, 0.2) is 5.76 Å². The largest absolute Gasteiger partial charge is 0.471 e. The van der Waals surface area contributed by atoms with Gasteiger partial charge < -0.3 is 9.26 Å². The van der Waals surface area contributed by atoms with Crippen LogP contribution in [-0.2, 0) is 0 Å². The van der Waals surface area contributed by atoms with Crippen molar-refractivity contribution in [1.29, 1.82) is 0 Å². The third-order valence-electron chi connectivity index (χ3n) is 4.30. The lowest BCUT2D eigenvalue weighted by Crippen LogP contribution is -2.52. The number of nitrogens with zero attached hydrogens (tertiary/aromatic N) is 3. The molecule has 2 aromatic heterocycles. The molecule has 5 nitrogen and oxygen atoms in total. The molecule has 5 heterocycles. The molecule has 0 spiro atoms. The van der Waals surface area contributed by atoms with Crippen molar-refractivity contribution in [2.75, 3.05) is 19.6 Å². The van der Waals surface area contributed by atoms with E-state index in [9.17, 15) is 0 Å². The monoisotopic (exact) mass is 271 g/mol. The normalized spacial score (nSPS) is 28.5. The van der Waals surface area contributed by atoms with Gasteiger partial charge in [-0.05, 0) is 49.1 Å². The predicted molar refractivity (Wildman–Crippen MR) is 73.3 cm³/mol. The van der Waals surface area contributed by atoms with Crippen LogP contribution in [0.25, 0.3) is 11.3 Å². The van der Waals surface area contributed by atoms with Crippen LogP contribution < -0.4 is 4.74 Å². The number of hydrogen-bond donors (Lipinski definition) is 0. The molecule has 104 valence electrons. The zero-order chi connectivity index (χ0) is 13.4. The van der Waals surface area contributed by atoms with Crippen LogP contribution in [0.4, 0.5) is 0 Å². The van der Waals surface area contributed by atoms with Gasteiger partial charge in [0.05, 0.1) is 0 Å². The maximum Gasteiger partial charge on any atom is 0.255 e. The quantitative estimate of drug-likeness (QED) is 0.856. The number of pyridine rings is 1. The van der Waals surface area contributed by atoms with Crippen molar-refractivity contribution in [3.63, 3.8) is 0 Å². The van der Waals surface area contributed by atoms with Crippen LogP contribution in [0, 0.1) is 5.92 Å². The smallest absolute Gasteiger partial charge is 0.255 e. The van der Waals surface area contributed by atoms with E-state index in [0.717, 1.165) is 12.1 Å². The average molecular weight is 271 g/mol. The molecule has 2 bridgehead atoms. The van der Waals surface area contributed by atoms with Gasteiger partial charge in [-0.25, -0.2) is 0 Å². The Kier molecular flexibility index (Phi) is 2.92. The van der Waals surface area contributed by atoms with E-state index < -0.39 is 0 Å². The highest BCUT2D eigenvalue weighted by Gasteiger charge is 2.36. The molecule has 3 fully saturated rings. The second-order valence-corrected chi connectivity index (χ2v) is 5.57. The predicted octanol–water partition coefficient (Wildman–Crippen LogP) is 2.21. The molecular weight excluding hydrogens is 254 g/mol. The van der Waals surface area contributed by atoms with Crippen LogP contribution in [0.15, 0.2) is 35.1 Å². The number of piperidine rings is 3. The SMILES string of the molecule is c1cncc(-c2cc(OC3CN4CCC3CC4)no2)c1. The molecule has 0 N–H and O–H groups in total. The van der Waals surface area contributed by atoms with Crippen LogP contribution in [0.2, 0.25) is 0 Å². The highest BCUT2D eigenvalue weighted by atomic mass is 16.5. The van der Waals surface area contributed by atoms with Crippen LogP contribution in [-0.4, -0.2) is 40.8 Å². The summed E-state index contributed by atoms with van der Waals surface area (Å²) in [5, 5.41) is 4.03. The Labute approximate surface area is 117 Å². The van der Waals surface area contributed by atoms with E-state index in [0.29, 0.717) is 17.6 Å². The van der Waals surface area contributed by atoms with E-state index in [1.807, 2.05) is 18.2 Å². The number of fused-ring (bicyclic) bond motifs is 3. The van der Waals surface area contributed by atoms with Crippen molar-refractivity contribution in [1.82, 2.24) is 15.0 Å². The summed E-state index contributed by atoms with van der Waals surface area (Å²) in [7, 11) is 0. The third-order valence-corrected chi connectivity index (χ3v) is 4.30. The lowest BCUT2D eigenvalue weighted by Gasteiger charge is -2.43. The van der Waals surface area contributed by atoms with Crippen LogP contribution in [0.3, 0.4) is 0 Å². The lowest BCUT2D eigenvalue weighted by molar-refractivity contribution is -0.0113. The fourth-order valence-corrected chi connectivity index (χ4v) is 3.16. The first-order valence-corrected chi connectivity index (χ1v) is 7.14. The molecule has 0 saturated carbocycles. The molecule has 20 heavy (non-hydrogen) atoms. The van der Waals surface area contributed by atoms with Crippen molar-refractivity contribution in [3.8, 4) is 17.2 Å². The minimum absolute atomic E-state index is 0.254. The highest BCUT2D eigenvalue weighted by Crippen LogP contribution is 2.31. The molecule has 0 amide bonds. The third kappa shape index (κ3) is 2.18. The second kappa shape index (κ2) is 4.90. The van der Waals surface area contributed by atoms with Gasteiger partial charge in [-0.3, -0.25) is 9.88 Å². The Morgan fingerprint density at radius 2 is 2.20 bits per heavy atom. The molecule has 2 aromatic rings. The summed E-state index contributed by atoms with van der Waals surface area (Å²) in [4.78, 5) is 6.55. The minimum atomic E-state index is 0.254. The van der Waals surface area contributed by atoms with Gasteiger partial charge in [-0.15, -0.1) is 0 Å². The molecule has 3 aliphatic rings. The summed E-state index contributed by atoms with van der Waals surface area (Å²) in [6, 6.07) is 5.69. The summed E-state index contributed by atoms with van der Waals surface area (Å²) < 4.78 is 11.4. The average Bonchev–Trinajstić information content (AvgIpc) is 2.98. The summed E-state index contributed by atoms with van der Waals surface area (Å²) in [6.07, 6.45) is 6.23. The second-order valence-electron chi connectivity index (χ2n) is 5.57. The highest BCUT2D eigenvalue weighted by molar-refractivity contribution is 5.56. The van der Waals surface area contributed by atoms with Gasteiger partial charge in [0.25, 0.3) is 5.88 Å². The molecule has 0 aliphatic carbocycles.